The Morgan fingerprint density at radius 2 is 1.56 bits per heavy atom. The largest absolute Gasteiger partial charge is 0.416 e. The van der Waals surface area contributed by atoms with Gasteiger partial charge in [0.25, 0.3) is 0 Å². The zero-order chi connectivity index (χ0) is 32.2. The second-order valence-corrected chi connectivity index (χ2v) is 13.7. The van der Waals surface area contributed by atoms with Crippen molar-refractivity contribution >= 4 is 39.1 Å². The van der Waals surface area contributed by atoms with Crippen LogP contribution in [0.5, 0.6) is 0 Å². The molecule has 0 fully saturated rings. The molecule has 0 radical (unpaired) electrons. The Balaban J connectivity index is 2.14. The molecule has 0 bridgehead atoms. The highest BCUT2D eigenvalue weighted by molar-refractivity contribution is 7.92. The number of amides is 2. The van der Waals surface area contributed by atoms with Crippen molar-refractivity contribution in [2.75, 3.05) is 17.1 Å². The fraction of sp³-hybridized carbons (Fsp3) is 0.355. The topological polar surface area (TPSA) is 86.8 Å². The first-order valence-electron chi connectivity index (χ1n) is 13.4. The summed E-state index contributed by atoms with van der Waals surface area (Å²) in [6, 6.07) is 17.4. The minimum atomic E-state index is -4.78. The van der Waals surface area contributed by atoms with E-state index in [0.29, 0.717) is 15.9 Å². The molecule has 43 heavy (non-hydrogen) atoms. The number of benzene rings is 3. The molecule has 0 heterocycles. The molecule has 0 saturated carbocycles. The molecule has 3 rings (SSSR count). The lowest BCUT2D eigenvalue weighted by Crippen LogP contribution is -2.56. The maximum absolute atomic E-state index is 14.1. The summed E-state index contributed by atoms with van der Waals surface area (Å²) in [6.07, 6.45) is -3.91. The number of nitrogens with one attached hydrogen (secondary N) is 1. The Bertz CT molecular complexity index is 1560. The molecule has 3 aromatic carbocycles. The van der Waals surface area contributed by atoms with Crippen LogP contribution in [0, 0.1) is 6.92 Å². The zero-order valence-electron chi connectivity index (χ0n) is 24.6. The van der Waals surface area contributed by atoms with E-state index in [1.807, 2.05) is 25.1 Å². The quantitative estimate of drug-likeness (QED) is 0.296. The summed E-state index contributed by atoms with van der Waals surface area (Å²) in [5.41, 5.74) is 0.0429. The van der Waals surface area contributed by atoms with E-state index in [1.165, 1.54) is 4.90 Å². The lowest BCUT2D eigenvalue weighted by Gasteiger charge is -2.35. The lowest BCUT2D eigenvalue weighted by molar-refractivity contribution is -0.140. The highest BCUT2D eigenvalue weighted by atomic mass is 35.5. The average molecular weight is 638 g/mol. The Hall–Kier alpha value is -3.57. The van der Waals surface area contributed by atoms with Gasteiger partial charge in [0.2, 0.25) is 21.8 Å². The number of rotatable bonds is 10. The molecule has 0 spiro atoms. The van der Waals surface area contributed by atoms with Crippen molar-refractivity contribution in [3.8, 4) is 0 Å². The van der Waals surface area contributed by atoms with Gasteiger partial charge >= 0.3 is 6.18 Å². The van der Waals surface area contributed by atoms with E-state index in [0.717, 1.165) is 29.5 Å². The van der Waals surface area contributed by atoms with Crippen LogP contribution in [0.3, 0.4) is 0 Å². The molecule has 3 aromatic rings. The maximum atomic E-state index is 14.1. The number of carbonyl (C=O) groups is 2. The number of hydrogen-bond acceptors (Lipinski definition) is 4. The number of aryl methyl sites for hydroxylation is 1. The SMILES string of the molecule is Cc1cccc(CN(C(=O)CN(c2cc(C(F)(F)F)ccc2Cl)S(C)(=O)=O)C(Cc2ccccc2)C(=O)NC(C)(C)C)c1. The van der Waals surface area contributed by atoms with Gasteiger partial charge in [-0.1, -0.05) is 71.8 Å². The van der Waals surface area contributed by atoms with Gasteiger partial charge in [0.05, 0.1) is 22.5 Å². The van der Waals surface area contributed by atoms with Crippen molar-refractivity contribution in [3.63, 3.8) is 0 Å². The Morgan fingerprint density at radius 1 is 0.930 bits per heavy atom. The first kappa shape index (κ1) is 33.9. The van der Waals surface area contributed by atoms with Crippen molar-refractivity contribution in [1.29, 1.82) is 0 Å². The average Bonchev–Trinajstić information content (AvgIpc) is 2.88. The van der Waals surface area contributed by atoms with Crippen LogP contribution in [0.1, 0.15) is 43.0 Å². The third kappa shape index (κ3) is 9.72. The summed E-state index contributed by atoms with van der Waals surface area (Å²) in [5, 5.41) is 2.62. The fourth-order valence-corrected chi connectivity index (χ4v) is 5.61. The minimum absolute atomic E-state index is 0.0660. The number of alkyl halides is 3. The van der Waals surface area contributed by atoms with Crippen molar-refractivity contribution < 1.29 is 31.2 Å². The highest BCUT2D eigenvalue weighted by Crippen LogP contribution is 2.36. The Labute approximate surface area is 255 Å². The summed E-state index contributed by atoms with van der Waals surface area (Å²) < 4.78 is 67.0. The third-order valence-corrected chi connectivity index (χ3v) is 7.87. The van der Waals surface area contributed by atoms with Crippen LogP contribution in [0.4, 0.5) is 18.9 Å². The highest BCUT2D eigenvalue weighted by Gasteiger charge is 2.36. The Morgan fingerprint density at radius 3 is 2.12 bits per heavy atom. The first-order valence-corrected chi connectivity index (χ1v) is 15.6. The van der Waals surface area contributed by atoms with Crippen LogP contribution < -0.4 is 9.62 Å². The zero-order valence-corrected chi connectivity index (χ0v) is 26.1. The fourth-order valence-electron chi connectivity index (χ4n) is 4.49. The monoisotopic (exact) mass is 637 g/mol. The van der Waals surface area contributed by atoms with Gasteiger partial charge in [0.15, 0.2) is 0 Å². The molecule has 1 atom stereocenters. The number of hydrogen-bond donors (Lipinski definition) is 1. The van der Waals surface area contributed by atoms with Gasteiger partial charge in [-0.15, -0.1) is 0 Å². The van der Waals surface area contributed by atoms with Crippen molar-refractivity contribution in [2.45, 2.75) is 58.4 Å². The normalized spacial score (nSPS) is 12.9. The summed E-state index contributed by atoms with van der Waals surface area (Å²) in [6.45, 7) is 6.28. The van der Waals surface area contributed by atoms with Crippen LogP contribution in [-0.4, -0.2) is 49.5 Å². The molecule has 7 nitrogen and oxygen atoms in total. The molecule has 1 unspecified atom stereocenters. The molecule has 232 valence electrons. The van der Waals surface area contributed by atoms with Gasteiger partial charge < -0.3 is 10.2 Å². The van der Waals surface area contributed by atoms with Crippen LogP contribution in [0.2, 0.25) is 5.02 Å². The van der Waals surface area contributed by atoms with Gasteiger partial charge in [-0.3, -0.25) is 13.9 Å². The van der Waals surface area contributed by atoms with Gasteiger partial charge in [0.1, 0.15) is 12.6 Å². The van der Waals surface area contributed by atoms with Gasteiger partial charge in [-0.2, -0.15) is 13.2 Å². The van der Waals surface area contributed by atoms with Crippen LogP contribution in [0.25, 0.3) is 0 Å². The molecular weight excluding hydrogens is 603 g/mol. The molecule has 12 heteroatoms. The number of halogens is 4. The predicted octanol–water partition coefficient (Wildman–Crippen LogP) is 5.99. The number of anilines is 1. The molecule has 0 aliphatic carbocycles. The molecule has 0 aliphatic rings. The standard InChI is InChI=1S/C31H35ClF3N3O4S/c1-21-10-9-13-23(16-21)19-37(27(29(40)36-30(2,3)4)17-22-11-7-6-8-12-22)28(39)20-38(43(5,41)42)26-18-24(31(33,34)35)14-15-25(26)32/h6-16,18,27H,17,19-20H2,1-5H3,(H,36,40). The van der Waals surface area contributed by atoms with Gasteiger partial charge in [-0.05, 0) is 57.0 Å². The van der Waals surface area contributed by atoms with E-state index >= 15 is 0 Å². The molecule has 1 N–H and O–H groups in total. The van der Waals surface area contributed by atoms with Crippen LogP contribution in [-0.2, 0) is 38.8 Å². The molecule has 0 aromatic heterocycles. The van der Waals surface area contributed by atoms with E-state index in [2.05, 4.69) is 5.32 Å². The number of sulfonamides is 1. The smallest absolute Gasteiger partial charge is 0.350 e. The molecular formula is C31H35ClF3N3O4S. The second kappa shape index (κ2) is 13.4. The predicted molar refractivity (Wildman–Crippen MR) is 162 cm³/mol. The van der Waals surface area contributed by atoms with E-state index in [-0.39, 0.29) is 18.0 Å². The maximum Gasteiger partial charge on any atom is 0.416 e. The van der Waals surface area contributed by atoms with Crippen molar-refractivity contribution in [1.82, 2.24) is 10.2 Å². The number of nitrogens with zero attached hydrogens (tertiary/aromatic N) is 2. The van der Waals surface area contributed by atoms with Crippen molar-refractivity contribution in [3.05, 3.63) is 100 Å². The first-order chi connectivity index (χ1) is 19.8. The minimum Gasteiger partial charge on any atom is -0.350 e. The van der Waals surface area contributed by atoms with E-state index < -0.39 is 57.4 Å². The molecule has 0 saturated heterocycles. The number of carbonyl (C=O) groups excluding carboxylic acids is 2. The second-order valence-electron chi connectivity index (χ2n) is 11.4. The van der Waals surface area contributed by atoms with Gasteiger partial charge in [-0.25, -0.2) is 8.42 Å². The van der Waals surface area contributed by atoms with E-state index in [1.54, 1.807) is 57.2 Å². The van der Waals surface area contributed by atoms with Crippen LogP contribution in [0.15, 0.2) is 72.8 Å². The lowest BCUT2D eigenvalue weighted by atomic mass is 10.0. The molecule has 0 aliphatic heterocycles. The van der Waals surface area contributed by atoms with Gasteiger partial charge in [0, 0.05) is 18.5 Å². The summed E-state index contributed by atoms with van der Waals surface area (Å²) in [7, 11) is -4.31. The summed E-state index contributed by atoms with van der Waals surface area (Å²) in [5.74, 6) is -1.27. The summed E-state index contributed by atoms with van der Waals surface area (Å²) in [4.78, 5) is 29.1. The van der Waals surface area contributed by atoms with Crippen molar-refractivity contribution in [2.24, 2.45) is 0 Å². The summed E-state index contributed by atoms with van der Waals surface area (Å²) >= 11 is 6.19. The van der Waals surface area contributed by atoms with E-state index in [4.69, 9.17) is 11.6 Å². The molecule has 2 amide bonds. The van der Waals surface area contributed by atoms with E-state index in [9.17, 15) is 31.2 Å². The third-order valence-electron chi connectivity index (χ3n) is 6.43. The van der Waals surface area contributed by atoms with Crippen LogP contribution >= 0.6 is 11.6 Å². The Kier molecular flexibility index (Phi) is 10.6.